The summed E-state index contributed by atoms with van der Waals surface area (Å²) in [5.74, 6) is 1.07. The van der Waals surface area contributed by atoms with Gasteiger partial charge >= 0.3 is 0 Å². The molecule has 0 saturated carbocycles. The fourth-order valence-electron chi connectivity index (χ4n) is 2.68. The molecule has 2 unspecified atom stereocenters. The Hall–Kier alpha value is -0.800. The van der Waals surface area contributed by atoms with E-state index in [4.69, 9.17) is 4.42 Å². The number of piperazine rings is 1. The summed E-state index contributed by atoms with van der Waals surface area (Å²) in [6.07, 6.45) is 2.94. The smallest absolute Gasteiger partial charge is 0.120 e. The molecule has 2 rings (SSSR count). The van der Waals surface area contributed by atoms with Gasteiger partial charge in [-0.1, -0.05) is 6.92 Å². The zero-order valence-corrected chi connectivity index (χ0v) is 11.4. The molecule has 1 aromatic rings. The molecule has 0 spiro atoms. The minimum absolute atomic E-state index is 0.187. The second kappa shape index (κ2) is 4.83. The van der Waals surface area contributed by atoms with Crippen LogP contribution in [0.5, 0.6) is 0 Å². The molecule has 1 N–H and O–H groups in total. The Balaban J connectivity index is 2.15. The number of hydrogen-bond acceptors (Lipinski definition) is 3. The molecule has 0 aliphatic carbocycles. The van der Waals surface area contributed by atoms with E-state index in [9.17, 15) is 0 Å². The third-order valence-electron chi connectivity index (χ3n) is 3.79. The molecule has 3 heteroatoms. The maximum absolute atomic E-state index is 5.55. The van der Waals surface area contributed by atoms with Crippen LogP contribution in [-0.4, -0.2) is 29.6 Å². The summed E-state index contributed by atoms with van der Waals surface area (Å²) in [6.45, 7) is 11.2. The fourth-order valence-corrected chi connectivity index (χ4v) is 2.68. The molecule has 1 aliphatic rings. The van der Waals surface area contributed by atoms with Crippen LogP contribution in [0.25, 0.3) is 0 Å². The summed E-state index contributed by atoms with van der Waals surface area (Å²) < 4.78 is 5.55. The van der Waals surface area contributed by atoms with Crippen molar-refractivity contribution in [2.45, 2.75) is 51.7 Å². The molecule has 0 amide bonds. The van der Waals surface area contributed by atoms with Crippen molar-refractivity contribution in [3.8, 4) is 0 Å². The number of nitrogens with zero attached hydrogens (tertiary/aromatic N) is 1. The standard InChI is InChI=1S/C14H24N2O/c1-5-12-9-15-14(3,4)10-16(12)11(2)13-7-6-8-17-13/h6-8,11-12,15H,5,9-10H2,1-4H3. The third-order valence-corrected chi connectivity index (χ3v) is 3.79. The lowest BCUT2D eigenvalue weighted by Gasteiger charge is -2.46. The average molecular weight is 236 g/mol. The molecule has 1 saturated heterocycles. The molecular weight excluding hydrogens is 212 g/mol. The van der Waals surface area contributed by atoms with Gasteiger partial charge in [-0.2, -0.15) is 0 Å². The molecule has 0 aromatic carbocycles. The molecule has 17 heavy (non-hydrogen) atoms. The van der Waals surface area contributed by atoms with E-state index < -0.39 is 0 Å². The monoisotopic (exact) mass is 236 g/mol. The maximum atomic E-state index is 5.55. The predicted molar refractivity (Wildman–Crippen MR) is 70.0 cm³/mol. The van der Waals surface area contributed by atoms with Crippen LogP contribution in [0.15, 0.2) is 22.8 Å². The Morgan fingerprint density at radius 3 is 2.94 bits per heavy atom. The highest BCUT2D eigenvalue weighted by Crippen LogP contribution is 2.28. The van der Waals surface area contributed by atoms with Crippen molar-refractivity contribution < 1.29 is 4.42 Å². The van der Waals surface area contributed by atoms with E-state index in [1.807, 2.05) is 6.07 Å². The van der Waals surface area contributed by atoms with Crippen LogP contribution in [0.3, 0.4) is 0 Å². The second-order valence-corrected chi connectivity index (χ2v) is 5.69. The minimum Gasteiger partial charge on any atom is -0.468 e. The summed E-state index contributed by atoms with van der Waals surface area (Å²) in [5, 5.41) is 3.62. The van der Waals surface area contributed by atoms with Crippen LogP contribution in [0.1, 0.15) is 45.9 Å². The summed E-state index contributed by atoms with van der Waals surface area (Å²) in [6, 6.07) is 5.01. The van der Waals surface area contributed by atoms with E-state index >= 15 is 0 Å². The van der Waals surface area contributed by atoms with Gasteiger partial charge in [0.05, 0.1) is 12.3 Å². The molecule has 0 radical (unpaired) electrons. The average Bonchev–Trinajstić information content (AvgIpc) is 2.80. The van der Waals surface area contributed by atoms with Crippen LogP contribution < -0.4 is 5.32 Å². The highest BCUT2D eigenvalue weighted by molar-refractivity contribution is 5.06. The van der Waals surface area contributed by atoms with Crippen molar-refractivity contribution in [3.05, 3.63) is 24.2 Å². The van der Waals surface area contributed by atoms with Gasteiger partial charge in [0.15, 0.2) is 0 Å². The van der Waals surface area contributed by atoms with Gasteiger partial charge in [0.1, 0.15) is 5.76 Å². The summed E-state index contributed by atoms with van der Waals surface area (Å²) in [4.78, 5) is 2.56. The SMILES string of the molecule is CCC1CNC(C)(C)CN1C(C)c1ccco1. The van der Waals surface area contributed by atoms with E-state index in [0.29, 0.717) is 12.1 Å². The molecule has 2 heterocycles. The van der Waals surface area contributed by atoms with E-state index in [-0.39, 0.29) is 5.54 Å². The summed E-state index contributed by atoms with van der Waals surface area (Å²) in [5.41, 5.74) is 0.187. The van der Waals surface area contributed by atoms with Crippen molar-refractivity contribution >= 4 is 0 Å². The van der Waals surface area contributed by atoms with Crippen molar-refractivity contribution in [2.24, 2.45) is 0 Å². The molecular formula is C14H24N2O. The van der Waals surface area contributed by atoms with Crippen molar-refractivity contribution in [1.29, 1.82) is 0 Å². The zero-order chi connectivity index (χ0) is 12.5. The number of rotatable bonds is 3. The fraction of sp³-hybridized carbons (Fsp3) is 0.714. The molecule has 96 valence electrons. The van der Waals surface area contributed by atoms with Gasteiger partial charge in [-0.15, -0.1) is 0 Å². The molecule has 1 aliphatic heterocycles. The second-order valence-electron chi connectivity index (χ2n) is 5.69. The first-order valence-electron chi connectivity index (χ1n) is 6.57. The van der Waals surface area contributed by atoms with E-state index in [0.717, 1.165) is 18.8 Å². The van der Waals surface area contributed by atoms with Crippen LogP contribution in [0.2, 0.25) is 0 Å². The lowest BCUT2D eigenvalue weighted by Crippen LogP contribution is -2.61. The normalized spacial score (nSPS) is 26.9. The Morgan fingerprint density at radius 1 is 1.59 bits per heavy atom. The topological polar surface area (TPSA) is 28.4 Å². The van der Waals surface area contributed by atoms with Crippen LogP contribution >= 0.6 is 0 Å². The van der Waals surface area contributed by atoms with E-state index in [2.05, 4.69) is 44.0 Å². The minimum atomic E-state index is 0.187. The lowest BCUT2D eigenvalue weighted by atomic mass is 9.95. The van der Waals surface area contributed by atoms with Gasteiger partial charge in [-0.05, 0) is 39.3 Å². The first-order valence-corrected chi connectivity index (χ1v) is 6.57. The predicted octanol–water partition coefficient (Wildman–Crippen LogP) is 2.80. The quantitative estimate of drug-likeness (QED) is 0.874. The van der Waals surface area contributed by atoms with Crippen molar-refractivity contribution in [2.75, 3.05) is 13.1 Å². The largest absolute Gasteiger partial charge is 0.468 e. The molecule has 1 aromatic heterocycles. The highest BCUT2D eigenvalue weighted by atomic mass is 16.3. The first-order chi connectivity index (χ1) is 8.03. The van der Waals surface area contributed by atoms with Crippen molar-refractivity contribution in [3.63, 3.8) is 0 Å². The van der Waals surface area contributed by atoms with Gasteiger partial charge in [0.2, 0.25) is 0 Å². The molecule has 0 bridgehead atoms. The van der Waals surface area contributed by atoms with Gasteiger partial charge in [-0.3, -0.25) is 4.90 Å². The summed E-state index contributed by atoms with van der Waals surface area (Å²) >= 11 is 0. The third kappa shape index (κ3) is 2.72. The van der Waals surface area contributed by atoms with Crippen LogP contribution in [0.4, 0.5) is 0 Å². The molecule has 2 atom stereocenters. The van der Waals surface area contributed by atoms with Crippen LogP contribution in [0, 0.1) is 0 Å². The Kier molecular flexibility index (Phi) is 3.59. The lowest BCUT2D eigenvalue weighted by molar-refractivity contribution is 0.0498. The van der Waals surface area contributed by atoms with Crippen LogP contribution in [-0.2, 0) is 0 Å². The van der Waals surface area contributed by atoms with Crippen molar-refractivity contribution in [1.82, 2.24) is 10.2 Å². The van der Waals surface area contributed by atoms with Gasteiger partial charge < -0.3 is 9.73 Å². The summed E-state index contributed by atoms with van der Waals surface area (Å²) in [7, 11) is 0. The molecule has 3 nitrogen and oxygen atoms in total. The molecule has 1 fully saturated rings. The number of nitrogens with one attached hydrogen (secondary N) is 1. The number of furan rings is 1. The first kappa shape index (κ1) is 12.7. The Labute approximate surface area is 104 Å². The Morgan fingerprint density at radius 2 is 2.35 bits per heavy atom. The number of hydrogen-bond donors (Lipinski definition) is 1. The maximum Gasteiger partial charge on any atom is 0.120 e. The van der Waals surface area contributed by atoms with E-state index in [1.165, 1.54) is 6.42 Å². The van der Waals surface area contributed by atoms with Gasteiger partial charge in [0.25, 0.3) is 0 Å². The van der Waals surface area contributed by atoms with Gasteiger partial charge in [-0.25, -0.2) is 0 Å². The highest BCUT2D eigenvalue weighted by Gasteiger charge is 2.35. The zero-order valence-electron chi connectivity index (χ0n) is 11.4. The van der Waals surface area contributed by atoms with Gasteiger partial charge in [0, 0.05) is 24.7 Å². The Bertz CT molecular complexity index is 345. The van der Waals surface area contributed by atoms with E-state index in [1.54, 1.807) is 6.26 Å².